The van der Waals surface area contributed by atoms with E-state index in [0.717, 1.165) is 57.9 Å². The van der Waals surface area contributed by atoms with Gasteiger partial charge in [-0.1, -0.05) is 0 Å². The fourth-order valence-electron chi connectivity index (χ4n) is 3.78. The van der Waals surface area contributed by atoms with Crippen LogP contribution in [0.5, 0.6) is 0 Å². The minimum atomic E-state index is -0.329. The summed E-state index contributed by atoms with van der Waals surface area (Å²) in [6.07, 6.45) is 5.96. The molecule has 3 saturated heterocycles. The molecule has 9 heteroatoms. The third kappa shape index (κ3) is 5.81. The van der Waals surface area contributed by atoms with Gasteiger partial charge in [0.25, 0.3) is 0 Å². The van der Waals surface area contributed by atoms with E-state index in [0.29, 0.717) is 19.7 Å². The second-order valence-corrected chi connectivity index (χ2v) is 7.45. The molecule has 3 heterocycles. The molecule has 9 nitrogen and oxygen atoms in total. The van der Waals surface area contributed by atoms with E-state index in [4.69, 9.17) is 9.47 Å². The second-order valence-electron chi connectivity index (χ2n) is 7.45. The Morgan fingerprint density at radius 2 is 2.11 bits per heavy atom. The summed E-state index contributed by atoms with van der Waals surface area (Å²) < 4.78 is 11.8. The van der Waals surface area contributed by atoms with Gasteiger partial charge in [-0.2, -0.15) is 0 Å². The lowest BCUT2D eigenvalue weighted by atomic mass is 10.1. The van der Waals surface area contributed by atoms with Gasteiger partial charge in [-0.05, 0) is 39.0 Å². The standard InChI is InChI=1S/C19H33N5O4/c1-2-20-18(21-8-11-24-17(25)13-22-19(24)26)23-9-6-15(7-10-23)28-14-16-5-3-4-12-27-16/h15-16H,2-14H2,1H3,(H,20,21)(H,22,26). The molecule has 3 rings (SSSR count). The molecule has 0 radical (unpaired) electrons. The van der Waals surface area contributed by atoms with Gasteiger partial charge in [0.15, 0.2) is 5.96 Å². The van der Waals surface area contributed by atoms with Crippen molar-refractivity contribution < 1.29 is 19.1 Å². The van der Waals surface area contributed by atoms with Crippen LogP contribution < -0.4 is 10.6 Å². The molecule has 1 unspecified atom stereocenters. The molecule has 0 saturated carbocycles. The van der Waals surface area contributed by atoms with E-state index < -0.39 is 0 Å². The molecule has 2 N–H and O–H groups in total. The third-order valence-electron chi connectivity index (χ3n) is 5.39. The van der Waals surface area contributed by atoms with Crippen molar-refractivity contribution in [2.75, 3.05) is 52.5 Å². The summed E-state index contributed by atoms with van der Waals surface area (Å²) >= 11 is 0. The number of nitrogens with zero attached hydrogens (tertiary/aromatic N) is 3. The molecule has 3 fully saturated rings. The monoisotopic (exact) mass is 395 g/mol. The zero-order valence-electron chi connectivity index (χ0n) is 16.8. The van der Waals surface area contributed by atoms with Crippen molar-refractivity contribution in [3.63, 3.8) is 0 Å². The van der Waals surface area contributed by atoms with Crippen LogP contribution in [0, 0.1) is 0 Å². The Hall–Kier alpha value is -1.87. The first-order chi connectivity index (χ1) is 13.7. The zero-order valence-corrected chi connectivity index (χ0v) is 16.8. The maximum atomic E-state index is 11.6. The normalized spacial score (nSPS) is 24.6. The van der Waals surface area contributed by atoms with Crippen LogP contribution in [0.3, 0.4) is 0 Å². The Bertz CT molecular complexity index is 541. The Kier molecular flexibility index (Phi) is 7.90. The first-order valence-electron chi connectivity index (χ1n) is 10.5. The molecule has 0 aromatic heterocycles. The van der Waals surface area contributed by atoms with Gasteiger partial charge in [0.2, 0.25) is 5.91 Å². The van der Waals surface area contributed by atoms with E-state index in [1.165, 1.54) is 11.3 Å². The number of aliphatic imine (C=N–C) groups is 1. The number of ether oxygens (including phenoxy) is 2. The number of guanidine groups is 1. The first kappa shape index (κ1) is 20.9. The lowest BCUT2D eigenvalue weighted by molar-refractivity contribution is -0.124. The van der Waals surface area contributed by atoms with Crippen LogP contribution in [0.25, 0.3) is 0 Å². The molecule has 0 aliphatic carbocycles. The molecule has 0 aromatic carbocycles. The Morgan fingerprint density at radius 1 is 1.29 bits per heavy atom. The second kappa shape index (κ2) is 10.6. The number of likely N-dealkylation sites (tertiary alicyclic amines) is 1. The van der Waals surface area contributed by atoms with Gasteiger partial charge >= 0.3 is 6.03 Å². The fraction of sp³-hybridized carbons (Fsp3) is 0.842. The highest BCUT2D eigenvalue weighted by Gasteiger charge is 2.28. The van der Waals surface area contributed by atoms with E-state index >= 15 is 0 Å². The number of hydrogen-bond donors (Lipinski definition) is 2. The molecule has 3 amide bonds. The average Bonchev–Trinajstić information content (AvgIpc) is 3.05. The van der Waals surface area contributed by atoms with Crippen LogP contribution in [-0.2, 0) is 14.3 Å². The van der Waals surface area contributed by atoms with Crippen molar-refractivity contribution in [3.05, 3.63) is 0 Å². The molecule has 0 bridgehead atoms. The smallest absolute Gasteiger partial charge is 0.324 e. The van der Waals surface area contributed by atoms with E-state index in [9.17, 15) is 9.59 Å². The zero-order chi connectivity index (χ0) is 19.8. The molecule has 3 aliphatic rings. The first-order valence-corrected chi connectivity index (χ1v) is 10.5. The lowest BCUT2D eigenvalue weighted by Crippen LogP contribution is -2.47. The minimum Gasteiger partial charge on any atom is -0.376 e. The summed E-state index contributed by atoms with van der Waals surface area (Å²) in [4.78, 5) is 31.3. The van der Waals surface area contributed by atoms with Crippen molar-refractivity contribution in [2.45, 2.75) is 51.2 Å². The Balaban J connectivity index is 1.41. The van der Waals surface area contributed by atoms with Crippen LogP contribution in [0.15, 0.2) is 4.99 Å². The highest BCUT2D eigenvalue weighted by atomic mass is 16.5. The van der Waals surface area contributed by atoms with E-state index in [-0.39, 0.29) is 30.7 Å². The highest BCUT2D eigenvalue weighted by molar-refractivity contribution is 6.01. The molecular formula is C19H33N5O4. The van der Waals surface area contributed by atoms with Gasteiger partial charge in [-0.15, -0.1) is 0 Å². The topological polar surface area (TPSA) is 95.5 Å². The quantitative estimate of drug-likeness (QED) is 0.371. The number of carbonyl (C=O) groups excluding carboxylic acids is 2. The minimum absolute atomic E-state index is 0.0853. The number of hydrogen-bond acceptors (Lipinski definition) is 5. The SMILES string of the molecule is CCNC(=NCCN1C(=O)CNC1=O)N1CCC(OCC2CCCCO2)CC1. The summed E-state index contributed by atoms with van der Waals surface area (Å²) in [5, 5.41) is 5.84. The predicted molar refractivity (Wildman–Crippen MR) is 105 cm³/mol. The molecule has 158 valence electrons. The summed E-state index contributed by atoms with van der Waals surface area (Å²) in [7, 11) is 0. The molecule has 0 aromatic rings. The van der Waals surface area contributed by atoms with Crippen molar-refractivity contribution in [1.29, 1.82) is 0 Å². The summed E-state index contributed by atoms with van der Waals surface area (Å²) in [5.74, 6) is 0.647. The Morgan fingerprint density at radius 3 is 2.75 bits per heavy atom. The van der Waals surface area contributed by atoms with E-state index in [1.54, 1.807) is 0 Å². The number of imide groups is 1. The summed E-state index contributed by atoms with van der Waals surface area (Å²) in [6, 6.07) is -0.329. The maximum Gasteiger partial charge on any atom is 0.324 e. The highest BCUT2D eigenvalue weighted by Crippen LogP contribution is 2.18. The van der Waals surface area contributed by atoms with Crippen LogP contribution in [0.4, 0.5) is 4.79 Å². The number of urea groups is 1. The predicted octanol–water partition coefficient (Wildman–Crippen LogP) is 0.554. The lowest BCUT2D eigenvalue weighted by Gasteiger charge is -2.35. The fourth-order valence-corrected chi connectivity index (χ4v) is 3.78. The maximum absolute atomic E-state index is 11.6. The van der Waals surface area contributed by atoms with Gasteiger partial charge in [0, 0.05) is 26.2 Å². The van der Waals surface area contributed by atoms with Gasteiger partial charge in [0.1, 0.15) is 0 Å². The van der Waals surface area contributed by atoms with Gasteiger partial charge in [-0.3, -0.25) is 14.7 Å². The van der Waals surface area contributed by atoms with Crippen molar-refractivity contribution in [2.24, 2.45) is 4.99 Å². The van der Waals surface area contributed by atoms with E-state index in [2.05, 4.69) is 20.5 Å². The van der Waals surface area contributed by atoms with Gasteiger partial charge in [-0.25, -0.2) is 4.79 Å². The van der Waals surface area contributed by atoms with E-state index in [1.807, 2.05) is 6.92 Å². The molecule has 0 spiro atoms. The Labute approximate surface area is 166 Å². The van der Waals surface area contributed by atoms with Gasteiger partial charge < -0.3 is 25.0 Å². The van der Waals surface area contributed by atoms with Gasteiger partial charge in [0.05, 0.1) is 38.4 Å². The van der Waals surface area contributed by atoms with Crippen LogP contribution in [-0.4, -0.2) is 92.4 Å². The molecule has 28 heavy (non-hydrogen) atoms. The van der Waals surface area contributed by atoms with Crippen LogP contribution in [0.1, 0.15) is 39.0 Å². The number of nitrogens with one attached hydrogen (secondary N) is 2. The number of amides is 3. The molecule has 1 atom stereocenters. The van der Waals surface area contributed by atoms with Crippen LogP contribution >= 0.6 is 0 Å². The van der Waals surface area contributed by atoms with Crippen molar-refractivity contribution in [1.82, 2.24) is 20.4 Å². The number of piperidine rings is 1. The largest absolute Gasteiger partial charge is 0.376 e. The van der Waals surface area contributed by atoms with Crippen LogP contribution in [0.2, 0.25) is 0 Å². The summed E-state index contributed by atoms with van der Waals surface area (Å²) in [5.41, 5.74) is 0. The summed E-state index contributed by atoms with van der Waals surface area (Å²) in [6.45, 7) is 6.92. The number of rotatable bonds is 7. The molecular weight excluding hydrogens is 362 g/mol. The third-order valence-corrected chi connectivity index (χ3v) is 5.39. The van der Waals surface area contributed by atoms with Crippen molar-refractivity contribution in [3.8, 4) is 0 Å². The molecule has 3 aliphatic heterocycles. The van der Waals surface area contributed by atoms with Crippen molar-refractivity contribution >= 4 is 17.9 Å². The number of carbonyl (C=O) groups is 2. The average molecular weight is 396 g/mol.